The van der Waals surface area contributed by atoms with E-state index in [-0.39, 0.29) is 6.61 Å². The Bertz CT molecular complexity index is 184. The van der Waals surface area contributed by atoms with Gasteiger partial charge in [-0.2, -0.15) is 0 Å². The van der Waals surface area contributed by atoms with Crippen LogP contribution in [-0.4, -0.2) is 27.9 Å². The van der Waals surface area contributed by atoms with E-state index < -0.39 is 16.2 Å². The van der Waals surface area contributed by atoms with E-state index in [0.717, 1.165) is 0 Å². The minimum absolute atomic E-state index is 0.203. The van der Waals surface area contributed by atoms with Gasteiger partial charge in [0.05, 0.1) is 0 Å². The molecule has 0 saturated heterocycles. The third-order valence-corrected chi connectivity index (χ3v) is 23.6. The molecule has 0 aromatic carbocycles. The molecule has 0 heterocycles. The van der Waals surface area contributed by atoms with Crippen LogP contribution in [0.25, 0.3) is 0 Å². The summed E-state index contributed by atoms with van der Waals surface area (Å²) in [7, 11) is 0. The molecule has 90 valence electrons. The molecule has 0 aliphatic carbocycles. The Kier molecular flexibility index (Phi) is 9.65. The van der Waals surface area contributed by atoms with Gasteiger partial charge in [-0.25, -0.2) is 0 Å². The second-order valence-electron chi connectivity index (χ2n) is 4.24. The first-order chi connectivity index (χ1) is 7.10. The number of hydrogen-bond donors (Lipinski definition) is 1. The molecule has 0 aromatic rings. The van der Waals surface area contributed by atoms with Crippen LogP contribution in [0.15, 0.2) is 9.67 Å². The summed E-state index contributed by atoms with van der Waals surface area (Å²) >= 11 is 1.90. The summed E-state index contributed by atoms with van der Waals surface area (Å²) in [5.74, 6) is 0. The Hall–Kier alpha value is 0.979. The summed E-state index contributed by atoms with van der Waals surface area (Å²) in [4.78, 5) is 0. The topological polar surface area (TPSA) is 20.2 Å². The molecule has 0 spiro atoms. The summed E-state index contributed by atoms with van der Waals surface area (Å²) in [6.07, 6.45) is 7.26. The van der Waals surface area contributed by atoms with Crippen molar-refractivity contribution >= 4 is 28.9 Å². The molecule has 0 fully saturated rings. The van der Waals surface area contributed by atoms with Crippen LogP contribution < -0.4 is 0 Å². The van der Waals surface area contributed by atoms with Crippen molar-refractivity contribution in [2.24, 2.45) is 0 Å². The number of unbranched alkanes of at least 4 members (excludes halogenated alkanes) is 2. The van der Waals surface area contributed by atoms with Gasteiger partial charge in [0.2, 0.25) is 0 Å². The van der Waals surface area contributed by atoms with Gasteiger partial charge >= 0.3 is 106 Å². The fourth-order valence-corrected chi connectivity index (χ4v) is 16.1. The Morgan fingerprint density at radius 1 is 1.20 bits per heavy atom. The van der Waals surface area contributed by atoms with Crippen molar-refractivity contribution in [1.29, 1.82) is 0 Å². The molecule has 0 saturated carbocycles. The molecule has 0 amide bonds. The van der Waals surface area contributed by atoms with Crippen molar-refractivity contribution in [3.8, 4) is 0 Å². The van der Waals surface area contributed by atoms with Crippen molar-refractivity contribution in [3.05, 3.63) is 9.67 Å². The maximum atomic E-state index is 8.99. The first-order valence-corrected chi connectivity index (χ1v) is 17.9. The van der Waals surface area contributed by atoms with Gasteiger partial charge in [-0.1, -0.05) is 0 Å². The average Bonchev–Trinajstić information content (AvgIpc) is 2.24. The molecule has 15 heavy (non-hydrogen) atoms. The first kappa shape index (κ1) is 16.0. The second-order valence-corrected chi connectivity index (χ2v) is 25.0. The molecule has 0 aromatic heterocycles. The van der Waals surface area contributed by atoms with E-state index in [1.54, 1.807) is 0 Å². The van der Waals surface area contributed by atoms with E-state index in [1.165, 1.54) is 38.1 Å². The van der Waals surface area contributed by atoms with Crippen molar-refractivity contribution in [3.63, 3.8) is 0 Å². The summed E-state index contributed by atoms with van der Waals surface area (Å²) in [6.45, 7) is 6.93. The maximum absolute atomic E-state index is 8.99. The van der Waals surface area contributed by atoms with Gasteiger partial charge < -0.3 is 0 Å². The van der Waals surface area contributed by atoms with Gasteiger partial charge in [-0.3, -0.25) is 0 Å². The van der Waals surface area contributed by atoms with E-state index in [4.69, 9.17) is 5.11 Å². The molecule has 0 radical (unpaired) electrons. The van der Waals surface area contributed by atoms with Gasteiger partial charge in [0.15, 0.2) is 0 Å². The summed E-state index contributed by atoms with van der Waals surface area (Å²) < 4.78 is 4.26. The standard InChI is InChI=1S/C4H7O.2C4H9.BrH.Sn/c1-2-3-4-5;2*1-3-4-2;;/h3,5H,4H2,1H3;2*1,3-4H2,2H3;1H;/q;;;;+1/p-1. The van der Waals surface area contributed by atoms with Crippen LogP contribution in [-0.2, 0) is 0 Å². The molecule has 0 bridgehead atoms. The molecular weight excluding hydrogens is 359 g/mol. The monoisotopic (exact) mass is 384 g/mol. The van der Waals surface area contributed by atoms with Crippen LogP contribution in [0.5, 0.6) is 0 Å². The fraction of sp³-hybridized carbons (Fsp3) is 0.833. The predicted molar refractivity (Wildman–Crippen MR) is 75.0 cm³/mol. The molecule has 0 aliphatic rings. The van der Waals surface area contributed by atoms with Crippen LogP contribution in [0.3, 0.4) is 0 Å². The molecule has 3 heteroatoms. The van der Waals surface area contributed by atoms with Crippen LogP contribution in [0.1, 0.15) is 46.5 Å². The summed E-state index contributed by atoms with van der Waals surface area (Å²) in [5, 5.41) is 8.99. The van der Waals surface area contributed by atoms with E-state index in [0.29, 0.717) is 0 Å². The number of halogens is 1. The zero-order valence-corrected chi connectivity index (χ0v) is 14.8. The van der Waals surface area contributed by atoms with Crippen molar-refractivity contribution in [1.82, 2.24) is 0 Å². The van der Waals surface area contributed by atoms with Crippen LogP contribution in [0, 0.1) is 0 Å². The van der Waals surface area contributed by atoms with Gasteiger partial charge in [0, 0.05) is 0 Å². The van der Waals surface area contributed by atoms with E-state index in [1.807, 2.05) is 6.08 Å². The third-order valence-electron chi connectivity index (χ3n) is 2.96. The first-order valence-electron chi connectivity index (χ1n) is 6.07. The van der Waals surface area contributed by atoms with Crippen molar-refractivity contribution in [2.75, 3.05) is 6.61 Å². The van der Waals surface area contributed by atoms with E-state index >= 15 is 0 Å². The summed E-state index contributed by atoms with van der Waals surface area (Å²) in [5.41, 5.74) is 0. The SMILES string of the molecule is CCC[CH2][Sn]([Br])([CH2]CCC)/[C](C)=C\CO. The number of aliphatic hydroxyl groups excluding tert-OH is 1. The van der Waals surface area contributed by atoms with Gasteiger partial charge in [0.1, 0.15) is 0 Å². The van der Waals surface area contributed by atoms with Gasteiger partial charge in [-0.05, 0) is 0 Å². The second kappa shape index (κ2) is 9.06. The normalized spacial score (nSPS) is 13.3. The Morgan fingerprint density at radius 2 is 1.67 bits per heavy atom. The van der Waals surface area contributed by atoms with Gasteiger partial charge in [0.25, 0.3) is 0 Å². The molecule has 0 atom stereocenters. The number of aliphatic hydroxyl groups is 1. The number of rotatable bonds is 8. The average molecular weight is 384 g/mol. The van der Waals surface area contributed by atoms with Crippen LogP contribution in [0.2, 0.25) is 8.87 Å². The van der Waals surface area contributed by atoms with E-state index in [9.17, 15) is 0 Å². The molecule has 1 nitrogen and oxygen atoms in total. The van der Waals surface area contributed by atoms with Crippen molar-refractivity contribution < 1.29 is 5.11 Å². The number of hydrogen-bond acceptors (Lipinski definition) is 1. The molecule has 1 N–H and O–H groups in total. The van der Waals surface area contributed by atoms with Crippen molar-refractivity contribution in [2.45, 2.75) is 55.3 Å². The Morgan fingerprint density at radius 3 is 2.00 bits per heavy atom. The molecule has 0 aliphatic heterocycles. The fourth-order valence-electron chi connectivity index (χ4n) is 1.75. The van der Waals surface area contributed by atoms with Crippen LogP contribution in [0.4, 0.5) is 0 Å². The quantitative estimate of drug-likeness (QED) is 0.616. The zero-order valence-electron chi connectivity index (χ0n) is 10.4. The Balaban J connectivity index is 4.44. The molecule has 0 unspecified atom stereocenters. The molecule has 0 rings (SSSR count). The van der Waals surface area contributed by atoms with E-state index in [2.05, 4.69) is 33.5 Å². The Labute approximate surface area is 105 Å². The number of allylic oxidation sites excluding steroid dienone is 1. The third kappa shape index (κ3) is 6.32. The minimum atomic E-state index is -2.18. The molecular formula is C12H25BrOSn. The van der Waals surface area contributed by atoms with Crippen LogP contribution >= 0.6 is 12.7 Å². The predicted octanol–water partition coefficient (Wildman–Crippen LogP) is 4.40. The van der Waals surface area contributed by atoms with Gasteiger partial charge in [-0.15, -0.1) is 0 Å². The summed E-state index contributed by atoms with van der Waals surface area (Å²) in [6, 6.07) is 0. The zero-order chi connectivity index (χ0) is 11.7.